The number of alkyl halides is 1. The van der Waals surface area contributed by atoms with E-state index < -0.39 is 23.3 Å². The van der Waals surface area contributed by atoms with Crippen LogP contribution in [0.4, 0.5) is 19.0 Å². The lowest BCUT2D eigenvalue weighted by Gasteiger charge is -2.30. The number of nitrogens with zero attached hydrogens (tertiary/aromatic N) is 4. The Kier molecular flexibility index (Phi) is 8.52. The molecule has 2 N–H and O–H groups in total. The summed E-state index contributed by atoms with van der Waals surface area (Å²) < 4.78 is 63.3. The molecule has 47 heavy (non-hydrogen) atoms. The average molecular weight is 651 g/mol. The Balaban J connectivity index is 1.33. The standard InChI is InChI=1S/C34H37F3N6O4/c1-3-23-26(36)6-5-20-10-22(47-18-45-2)11-24(28(20)23)30-29(37)31-25(15-39-30)32(40-14-19-9-27(44)38-13-19)42-33(41-31)46-17-34-7-4-8-43(34)16-21(35)12-34/h5-6,10-11,15,19,21H,3-4,7-9,12-14,16-18H2,1-2H3,(H,38,44)(H,40,41,42)/t19?,21-,34+/m1/s1. The van der Waals surface area contributed by atoms with Gasteiger partial charge in [-0.2, -0.15) is 9.97 Å². The number of carbonyl (C=O) groups excluding carboxylic acids is 1. The van der Waals surface area contributed by atoms with Crippen molar-refractivity contribution in [1.82, 2.24) is 25.2 Å². The van der Waals surface area contributed by atoms with Gasteiger partial charge < -0.3 is 24.8 Å². The summed E-state index contributed by atoms with van der Waals surface area (Å²) in [7, 11) is 1.50. The summed E-state index contributed by atoms with van der Waals surface area (Å²) >= 11 is 0. The van der Waals surface area contributed by atoms with Crippen LogP contribution in [0.25, 0.3) is 32.9 Å². The third-order valence-electron chi connectivity index (χ3n) is 9.61. The van der Waals surface area contributed by atoms with Crippen molar-refractivity contribution in [3.63, 3.8) is 0 Å². The summed E-state index contributed by atoms with van der Waals surface area (Å²) in [6.07, 6.45) is 3.39. The number of benzene rings is 2. The van der Waals surface area contributed by atoms with Crippen molar-refractivity contribution >= 4 is 33.4 Å². The highest BCUT2D eigenvalue weighted by Crippen LogP contribution is 2.41. The molecular weight excluding hydrogens is 613 g/mol. The molecule has 5 heterocycles. The molecule has 3 aliphatic heterocycles. The number of aromatic nitrogens is 3. The number of halogens is 3. The maximum Gasteiger partial charge on any atom is 0.319 e. The van der Waals surface area contributed by atoms with Crippen LogP contribution in [0.5, 0.6) is 11.8 Å². The van der Waals surface area contributed by atoms with Gasteiger partial charge in [0.05, 0.1) is 10.9 Å². The average Bonchev–Trinajstić information content (AvgIpc) is 3.75. The highest BCUT2D eigenvalue weighted by Gasteiger charge is 2.49. The SMILES string of the molecule is CCc1c(F)ccc2cc(OCOC)cc(-c3ncc4c(NCC5CNC(=O)C5)nc(OC[C@@]56CCCN5C[C@H](F)C6)nc4c3F)c12. The molecule has 3 saturated heterocycles. The van der Waals surface area contributed by atoms with Gasteiger partial charge >= 0.3 is 6.01 Å². The Labute approximate surface area is 270 Å². The second-order valence-electron chi connectivity index (χ2n) is 12.7. The highest BCUT2D eigenvalue weighted by molar-refractivity contribution is 6.01. The Morgan fingerprint density at radius 2 is 2.06 bits per heavy atom. The number of pyridine rings is 1. The number of amides is 1. The smallest absolute Gasteiger partial charge is 0.319 e. The number of methoxy groups -OCH3 is 1. The molecule has 3 atom stereocenters. The third kappa shape index (κ3) is 5.91. The molecular formula is C34H37F3N6O4. The molecule has 0 radical (unpaired) electrons. The van der Waals surface area contributed by atoms with Crippen LogP contribution in [0.3, 0.4) is 0 Å². The first-order chi connectivity index (χ1) is 22.8. The van der Waals surface area contributed by atoms with Crippen molar-refractivity contribution in [2.75, 3.05) is 52.0 Å². The molecule has 248 valence electrons. The molecule has 1 unspecified atom stereocenters. The summed E-state index contributed by atoms with van der Waals surface area (Å²) in [5, 5.41) is 7.58. The minimum atomic E-state index is -0.932. The normalized spacial score (nSPS) is 22.6. The predicted molar refractivity (Wildman–Crippen MR) is 170 cm³/mol. The van der Waals surface area contributed by atoms with Crippen molar-refractivity contribution in [3.8, 4) is 23.0 Å². The first-order valence-corrected chi connectivity index (χ1v) is 16.0. The van der Waals surface area contributed by atoms with Gasteiger partial charge in [-0.1, -0.05) is 13.0 Å². The van der Waals surface area contributed by atoms with Crippen LogP contribution in [0, 0.1) is 17.6 Å². The fraction of sp³-hybridized carbons (Fsp3) is 0.471. The summed E-state index contributed by atoms with van der Waals surface area (Å²) in [6.45, 7) is 4.06. The van der Waals surface area contributed by atoms with E-state index in [9.17, 15) is 9.18 Å². The van der Waals surface area contributed by atoms with Crippen molar-refractivity contribution in [1.29, 1.82) is 0 Å². The van der Waals surface area contributed by atoms with Crippen molar-refractivity contribution in [2.24, 2.45) is 5.92 Å². The fourth-order valence-corrected chi connectivity index (χ4v) is 7.35. The summed E-state index contributed by atoms with van der Waals surface area (Å²) in [5.74, 6) is -0.442. The van der Waals surface area contributed by atoms with E-state index in [0.717, 1.165) is 19.4 Å². The molecule has 1 amide bonds. The molecule has 13 heteroatoms. The van der Waals surface area contributed by atoms with Crippen LogP contribution in [0.2, 0.25) is 0 Å². The minimum Gasteiger partial charge on any atom is -0.468 e. The first-order valence-electron chi connectivity index (χ1n) is 16.0. The van der Waals surface area contributed by atoms with Crippen molar-refractivity contribution < 1.29 is 32.2 Å². The van der Waals surface area contributed by atoms with Gasteiger partial charge in [-0.3, -0.25) is 14.7 Å². The van der Waals surface area contributed by atoms with Gasteiger partial charge in [-0.15, -0.1) is 0 Å². The van der Waals surface area contributed by atoms with E-state index in [1.165, 1.54) is 19.4 Å². The molecule has 7 rings (SSSR count). The maximum atomic E-state index is 16.9. The van der Waals surface area contributed by atoms with Crippen LogP contribution in [-0.2, 0) is 16.0 Å². The Bertz CT molecular complexity index is 1840. The van der Waals surface area contributed by atoms with E-state index >= 15 is 8.78 Å². The Hall–Kier alpha value is -4.23. The molecule has 3 fully saturated rings. The van der Waals surface area contributed by atoms with Gasteiger partial charge in [0.2, 0.25) is 5.91 Å². The molecule has 4 aromatic rings. The van der Waals surface area contributed by atoms with E-state index in [1.807, 2.05) is 6.92 Å². The van der Waals surface area contributed by atoms with Gasteiger partial charge in [0.1, 0.15) is 41.4 Å². The molecule has 0 aliphatic carbocycles. The van der Waals surface area contributed by atoms with Gasteiger partial charge in [-0.25, -0.2) is 13.2 Å². The second-order valence-corrected chi connectivity index (χ2v) is 12.7. The zero-order valence-electron chi connectivity index (χ0n) is 26.4. The number of rotatable bonds is 11. The maximum absolute atomic E-state index is 16.9. The lowest BCUT2D eigenvalue weighted by molar-refractivity contribution is -0.119. The monoisotopic (exact) mass is 650 g/mol. The summed E-state index contributed by atoms with van der Waals surface area (Å²) in [5.41, 5.74) is 0.239. The van der Waals surface area contributed by atoms with Crippen LogP contribution in [-0.4, -0.2) is 84.2 Å². The van der Waals surface area contributed by atoms with Crippen LogP contribution >= 0.6 is 0 Å². The number of hydrogen-bond donors (Lipinski definition) is 2. The third-order valence-corrected chi connectivity index (χ3v) is 9.61. The summed E-state index contributed by atoms with van der Waals surface area (Å²) in [6, 6.07) is 6.34. The number of aryl methyl sites for hydroxylation is 1. The zero-order chi connectivity index (χ0) is 32.7. The molecule has 0 spiro atoms. The number of fused-ring (bicyclic) bond motifs is 3. The number of anilines is 1. The van der Waals surface area contributed by atoms with E-state index in [2.05, 4.69) is 30.5 Å². The molecule has 0 saturated carbocycles. The Morgan fingerprint density at radius 1 is 1.19 bits per heavy atom. The zero-order valence-corrected chi connectivity index (χ0v) is 26.4. The largest absolute Gasteiger partial charge is 0.468 e. The molecule has 2 aromatic carbocycles. The van der Waals surface area contributed by atoms with Crippen LogP contribution < -0.4 is 20.1 Å². The number of hydrogen-bond acceptors (Lipinski definition) is 9. The van der Waals surface area contributed by atoms with Crippen molar-refractivity contribution in [2.45, 2.75) is 50.7 Å². The molecule has 0 bridgehead atoms. The lowest BCUT2D eigenvalue weighted by atomic mass is 9.94. The highest BCUT2D eigenvalue weighted by atomic mass is 19.1. The summed E-state index contributed by atoms with van der Waals surface area (Å²) in [4.78, 5) is 27.6. The van der Waals surface area contributed by atoms with Gasteiger partial charge in [0, 0.05) is 57.3 Å². The van der Waals surface area contributed by atoms with Gasteiger partial charge in [0.25, 0.3) is 0 Å². The lowest BCUT2D eigenvalue weighted by Crippen LogP contribution is -2.43. The van der Waals surface area contributed by atoms with Crippen LogP contribution in [0.15, 0.2) is 30.5 Å². The number of ether oxygens (including phenoxy) is 3. The van der Waals surface area contributed by atoms with Crippen molar-refractivity contribution in [3.05, 3.63) is 47.7 Å². The predicted octanol–water partition coefficient (Wildman–Crippen LogP) is 5.17. The van der Waals surface area contributed by atoms with Gasteiger partial charge in [0.15, 0.2) is 12.6 Å². The van der Waals surface area contributed by atoms with Crippen LogP contribution in [0.1, 0.15) is 38.2 Å². The van der Waals surface area contributed by atoms with E-state index in [0.29, 0.717) is 77.7 Å². The van der Waals surface area contributed by atoms with E-state index in [-0.39, 0.29) is 42.4 Å². The number of nitrogens with one attached hydrogen (secondary N) is 2. The first kappa shape index (κ1) is 31.4. The van der Waals surface area contributed by atoms with Gasteiger partial charge in [-0.05, 0) is 60.3 Å². The molecule has 2 aromatic heterocycles. The molecule has 10 nitrogen and oxygen atoms in total. The van der Waals surface area contributed by atoms with E-state index in [4.69, 9.17) is 14.2 Å². The fourth-order valence-electron chi connectivity index (χ4n) is 7.35. The topological polar surface area (TPSA) is 111 Å². The van der Waals surface area contributed by atoms with E-state index in [1.54, 1.807) is 18.2 Å². The molecule has 3 aliphatic rings. The minimum absolute atomic E-state index is 0.0171. The quantitative estimate of drug-likeness (QED) is 0.213. The second kappa shape index (κ2) is 12.8. The Morgan fingerprint density at radius 3 is 2.85 bits per heavy atom. The number of carbonyl (C=O) groups is 1.